The molecule has 0 spiro atoms. The highest BCUT2D eigenvalue weighted by Gasteiger charge is 2.32. The Morgan fingerprint density at radius 3 is 2.14 bits per heavy atom. The summed E-state index contributed by atoms with van der Waals surface area (Å²) in [5.41, 5.74) is 1.18. The average molecular weight is 285 g/mol. The molecule has 5 heteroatoms. The van der Waals surface area contributed by atoms with Crippen molar-refractivity contribution in [1.82, 2.24) is 4.90 Å². The lowest BCUT2D eigenvalue weighted by Gasteiger charge is -2.26. The van der Waals surface area contributed by atoms with Gasteiger partial charge in [-0.25, -0.2) is 0 Å². The first-order valence-electron chi connectivity index (χ1n) is 7.04. The van der Waals surface area contributed by atoms with Crippen molar-refractivity contribution >= 4 is 22.6 Å². The van der Waals surface area contributed by atoms with Gasteiger partial charge in [-0.15, -0.1) is 0 Å². The number of nitrogens with zero attached hydrogens (tertiary/aromatic N) is 1. The van der Waals surface area contributed by atoms with Crippen molar-refractivity contribution in [2.45, 2.75) is 0 Å². The van der Waals surface area contributed by atoms with Gasteiger partial charge in [0.25, 0.3) is 11.8 Å². The third-order valence-electron chi connectivity index (χ3n) is 3.75. The van der Waals surface area contributed by atoms with E-state index in [1.165, 1.54) is 4.90 Å². The van der Waals surface area contributed by atoms with Crippen molar-refractivity contribution in [3.8, 4) is 0 Å². The van der Waals surface area contributed by atoms with E-state index in [1.807, 2.05) is 29.6 Å². The Labute approximate surface area is 122 Å². The molecule has 0 aliphatic carbocycles. The molecule has 0 bridgehead atoms. The predicted molar refractivity (Wildman–Crippen MR) is 78.1 cm³/mol. The molecule has 2 aromatic rings. The summed E-state index contributed by atoms with van der Waals surface area (Å²) in [6.45, 7) is 1.60. The van der Waals surface area contributed by atoms with Crippen LogP contribution < -0.4 is 5.32 Å². The van der Waals surface area contributed by atoms with Gasteiger partial charge < -0.3 is 10.4 Å². The number of rotatable bonds is 5. The number of quaternary nitrogens is 1. The lowest BCUT2D eigenvalue weighted by Crippen LogP contribution is -2.86. The molecule has 0 unspecified atom stereocenters. The molecule has 1 heterocycles. The second-order valence-electron chi connectivity index (χ2n) is 5.06. The Bertz CT molecular complexity index is 661. The number of aliphatic hydroxyl groups is 1. The summed E-state index contributed by atoms with van der Waals surface area (Å²) < 4.78 is 0. The van der Waals surface area contributed by atoms with Gasteiger partial charge in [0, 0.05) is 16.5 Å². The number of hydrogen-bond donors (Lipinski definition) is 2. The monoisotopic (exact) mass is 285 g/mol. The molecule has 0 saturated carbocycles. The van der Waals surface area contributed by atoms with E-state index in [0.717, 1.165) is 10.8 Å². The molecule has 5 nitrogen and oxygen atoms in total. The standard InChI is InChI=1S/C16H16N2O3/c19-10-8-17-7-9-18-15(20)12-5-1-3-11-4-2-6-13(14(11)12)16(18)21/h1-6,17,19H,7-10H2/p+1. The summed E-state index contributed by atoms with van der Waals surface area (Å²) in [6.07, 6.45) is 0. The fourth-order valence-electron chi connectivity index (χ4n) is 2.74. The highest BCUT2D eigenvalue weighted by molar-refractivity contribution is 6.25. The zero-order chi connectivity index (χ0) is 14.8. The van der Waals surface area contributed by atoms with E-state index < -0.39 is 0 Å². The molecule has 1 aliphatic rings. The smallest absolute Gasteiger partial charge is 0.261 e. The Balaban J connectivity index is 1.95. The largest absolute Gasteiger partial charge is 0.391 e. The van der Waals surface area contributed by atoms with Crippen LogP contribution in [0.15, 0.2) is 36.4 Å². The van der Waals surface area contributed by atoms with Crippen LogP contribution in [-0.4, -0.2) is 48.1 Å². The van der Waals surface area contributed by atoms with Crippen molar-refractivity contribution < 1.29 is 20.0 Å². The van der Waals surface area contributed by atoms with Gasteiger partial charge in [0.1, 0.15) is 0 Å². The number of aliphatic hydroxyl groups excluding tert-OH is 1. The number of amides is 2. The maximum atomic E-state index is 12.5. The van der Waals surface area contributed by atoms with Crippen LogP contribution >= 0.6 is 0 Å². The summed E-state index contributed by atoms with van der Waals surface area (Å²) in [6, 6.07) is 11.0. The van der Waals surface area contributed by atoms with Crippen LogP contribution in [0.2, 0.25) is 0 Å². The van der Waals surface area contributed by atoms with Gasteiger partial charge in [0.15, 0.2) is 0 Å². The maximum Gasteiger partial charge on any atom is 0.261 e. The second kappa shape index (κ2) is 5.63. The first-order chi connectivity index (χ1) is 10.2. The van der Waals surface area contributed by atoms with Crippen LogP contribution in [0.3, 0.4) is 0 Å². The van der Waals surface area contributed by atoms with Crippen LogP contribution in [0.4, 0.5) is 0 Å². The number of benzene rings is 2. The first kappa shape index (κ1) is 13.7. The van der Waals surface area contributed by atoms with Crippen molar-refractivity contribution in [3.63, 3.8) is 0 Å². The summed E-state index contributed by atoms with van der Waals surface area (Å²) in [5.74, 6) is -0.469. The van der Waals surface area contributed by atoms with Gasteiger partial charge in [-0.3, -0.25) is 14.5 Å². The molecule has 0 fully saturated rings. The van der Waals surface area contributed by atoms with Crippen LogP contribution in [-0.2, 0) is 0 Å². The average Bonchev–Trinajstić information content (AvgIpc) is 2.51. The van der Waals surface area contributed by atoms with E-state index >= 15 is 0 Å². The normalized spacial score (nSPS) is 14.0. The van der Waals surface area contributed by atoms with Gasteiger partial charge in [0.05, 0.1) is 26.2 Å². The Morgan fingerprint density at radius 2 is 1.57 bits per heavy atom. The number of nitrogens with two attached hydrogens (primary N) is 1. The molecular weight excluding hydrogens is 268 g/mol. The van der Waals surface area contributed by atoms with Crippen LogP contribution in [0.5, 0.6) is 0 Å². The Hall–Kier alpha value is -2.24. The van der Waals surface area contributed by atoms with Gasteiger partial charge in [0.2, 0.25) is 0 Å². The number of carbonyl (C=O) groups excluding carboxylic acids is 2. The lowest BCUT2D eigenvalue weighted by atomic mass is 9.94. The van der Waals surface area contributed by atoms with E-state index in [1.54, 1.807) is 12.1 Å². The Kier molecular flexibility index (Phi) is 3.68. The number of imide groups is 1. The van der Waals surface area contributed by atoms with Gasteiger partial charge in [-0.2, -0.15) is 0 Å². The van der Waals surface area contributed by atoms with Crippen LogP contribution in [0.1, 0.15) is 20.7 Å². The molecule has 0 radical (unpaired) electrons. The van der Waals surface area contributed by atoms with Crippen molar-refractivity contribution in [2.24, 2.45) is 0 Å². The molecule has 0 atom stereocenters. The molecule has 0 aromatic heterocycles. The number of hydrogen-bond acceptors (Lipinski definition) is 3. The molecule has 1 aliphatic heterocycles. The highest BCUT2D eigenvalue weighted by Crippen LogP contribution is 2.29. The summed E-state index contributed by atoms with van der Waals surface area (Å²) in [7, 11) is 0. The van der Waals surface area contributed by atoms with E-state index in [2.05, 4.69) is 0 Å². The van der Waals surface area contributed by atoms with Crippen molar-refractivity contribution in [1.29, 1.82) is 0 Å². The summed E-state index contributed by atoms with van der Waals surface area (Å²) >= 11 is 0. The maximum absolute atomic E-state index is 12.5. The van der Waals surface area contributed by atoms with Crippen LogP contribution in [0.25, 0.3) is 10.8 Å². The van der Waals surface area contributed by atoms with Gasteiger partial charge >= 0.3 is 0 Å². The van der Waals surface area contributed by atoms with Gasteiger partial charge in [-0.1, -0.05) is 24.3 Å². The molecule has 108 valence electrons. The van der Waals surface area contributed by atoms with E-state index in [9.17, 15) is 9.59 Å². The molecule has 2 amide bonds. The zero-order valence-corrected chi connectivity index (χ0v) is 11.6. The van der Waals surface area contributed by atoms with Crippen LogP contribution in [0, 0.1) is 0 Å². The highest BCUT2D eigenvalue weighted by atomic mass is 16.3. The molecule has 21 heavy (non-hydrogen) atoms. The van der Waals surface area contributed by atoms with Gasteiger partial charge in [-0.05, 0) is 17.5 Å². The van der Waals surface area contributed by atoms with E-state index in [0.29, 0.717) is 30.8 Å². The third kappa shape index (κ3) is 2.30. The lowest BCUT2D eigenvalue weighted by molar-refractivity contribution is -0.655. The SMILES string of the molecule is O=C1c2cccc3cccc(c23)C(=O)N1CC[NH2+]CCO. The topological polar surface area (TPSA) is 74.2 Å². The molecular formula is C16H17N2O3+. The van der Waals surface area contributed by atoms with Crippen molar-refractivity contribution in [3.05, 3.63) is 47.5 Å². The second-order valence-corrected chi connectivity index (χ2v) is 5.06. The molecule has 3 rings (SSSR count). The zero-order valence-electron chi connectivity index (χ0n) is 11.6. The van der Waals surface area contributed by atoms with Crippen molar-refractivity contribution in [2.75, 3.05) is 26.2 Å². The summed E-state index contributed by atoms with van der Waals surface area (Å²) in [4.78, 5) is 26.3. The summed E-state index contributed by atoms with van der Waals surface area (Å²) in [5, 5.41) is 12.3. The Morgan fingerprint density at radius 1 is 0.952 bits per heavy atom. The fraction of sp³-hybridized carbons (Fsp3) is 0.250. The minimum absolute atomic E-state index is 0.0873. The molecule has 0 saturated heterocycles. The third-order valence-corrected chi connectivity index (χ3v) is 3.75. The number of carbonyl (C=O) groups is 2. The fourth-order valence-corrected chi connectivity index (χ4v) is 2.74. The first-order valence-corrected chi connectivity index (χ1v) is 7.04. The van der Waals surface area contributed by atoms with E-state index in [4.69, 9.17) is 5.11 Å². The molecule has 3 N–H and O–H groups in total. The van der Waals surface area contributed by atoms with E-state index in [-0.39, 0.29) is 18.4 Å². The predicted octanol–water partition coefficient (Wildman–Crippen LogP) is -0.00850. The minimum Gasteiger partial charge on any atom is -0.391 e. The minimum atomic E-state index is -0.235. The molecule has 2 aromatic carbocycles. The quantitative estimate of drug-likeness (QED) is 0.599.